The SMILES string of the molecule is COc1ccccc1C1(c2noc(-c3cnc4[nH]c(=O)[nH]c(=O)c4c3)n2)CC1. The number of aromatic nitrogens is 5. The zero-order valence-electron chi connectivity index (χ0n) is 14.9. The zero-order chi connectivity index (χ0) is 19.3. The minimum Gasteiger partial charge on any atom is -0.496 e. The van der Waals surface area contributed by atoms with E-state index >= 15 is 0 Å². The van der Waals surface area contributed by atoms with Crippen LogP contribution in [0.1, 0.15) is 24.2 Å². The van der Waals surface area contributed by atoms with Crippen LogP contribution in [0.15, 0.2) is 50.6 Å². The molecule has 28 heavy (non-hydrogen) atoms. The lowest BCUT2D eigenvalue weighted by atomic mass is 9.94. The number of fused-ring (bicyclic) bond motifs is 1. The number of hydrogen-bond acceptors (Lipinski definition) is 7. The van der Waals surface area contributed by atoms with Crippen molar-refractivity contribution >= 4 is 11.0 Å². The van der Waals surface area contributed by atoms with Gasteiger partial charge in [-0.3, -0.25) is 14.8 Å². The molecule has 0 amide bonds. The number of para-hydroxylation sites is 1. The number of hydrogen-bond donors (Lipinski definition) is 2. The molecular weight excluding hydrogens is 362 g/mol. The summed E-state index contributed by atoms with van der Waals surface area (Å²) >= 11 is 0. The Morgan fingerprint density at radius 1 is 1.18 bits per heavy atom. The summed E-state index contributed by atoms with van der Waals surface area (Å²) < 4.78 is 11.0. The van der Waals surface area contributed by atoms with Crippen LogP contribution in [0, 0.1) is 0 Å². The van der Waals surface area contributed by atoms with E-state index in [0.717, 1.165) is 24.2 Å². The molecule has 0 aliphatic heterocycles. The largest absolute Gasteiger partial charge is 0.496 e. The van der Waals surface area contributed by atoms with Crippen molar-refractivity contribution in [2.24, 2.45) is 0 Å². The maximum absolute atomic E-state index is 12.0. The van der Waals surface area contributed by atoms with E-state index in [9.17, 15) is 9.59 Å². The molecule has 1 aliphatic rings. The molecule has 0 radical (unpaired) electrons. The number of rotatable bonds is 4. The van der Waals surface area contributed by atoms with E-state index < -0.39 is 11.2 Å². The standard InChI is InChI=1S/C19H15N5O4/c1-27-13-5-3-2-4-12(13)19(6-7-19)17-23-16(28-24-17)10-8-11-14(20-9-10)21-18(26)22-15(11)25/h2-5,8-9H,6-7H2,1H3,(H2,20,21,22,25,26). The molecule has 1 fully saturated rings. The predicted octanol–water partition coefficient (Wildman–Crippen LogP) is 1.75. The third-order valence-corrected chi connectivity index (χ3v) is 5.06. The molecule has 1 aliphatic carbocycles. The van der Waals surface area contributed by atoms with Gasteiger partial charge in [-0.2, -0.15) is 4.98 Å². The highest BCUT2D eigenvalue weighted by Crippen LogP contribution is 2.55. The van der Waals surface area contributed by atoms with Gasteiger partial charge in [-0.05, 0) is 25.0 Å². The summed E-state index contributed by atoms with van der Waals surface area (Å²) in [5.41, 5.74) is 0.257. The lowest BCUT2D eigenvalue weighted by molar-refractivity contribution is 0.400. The molecule has 3 aromatic heterocycles. The minimum absolute atomic E-state index is 0.199. The first kappa shape index (κ1) is 16.4. The van der Waals surface area contributed by atoms with Gasteiger partial charge in [0.1, 0.15) is 11.4 Å². The molecule has 1 aromatic carbocycles. The van der Waals surface area contributed by atoms with Gasteiger partial charge in [-0.1, -0.05) is 23.4 Å². The van der Waals surface area contributed by atoms with Crippen molar-refractivity contribution in [3.63, 3.8) is 0 Å². The fourth-order valence-corrected chi connectivity index (χ4v) is 3.48. The number of methoxy groups -OCH3 is 1. The molecule has 2 N–H and O–H groups in total. The summed E-state index contributed by atoms with van der Waals surface area (Å²) in [4.78, 5) is 36.7. The van der Waals surface area contributed by atoms with Crippen LogP contribution in [0.3, 0.4) is 0 Å². The molecule has 9 heteroatoms. The molecule has 1 saturated carbocycles. The van der Waals surface area contributed by atoms with Crippen molar-refractivity contribution in [1.29, 1.82) is 0 Å². The molecule has 0 unspecified atom stereocenters. The van der Waals surface area contributed by atoms with Crippen LogP contribution in [-0.2, 0) is 5.41 Å². The molecule has 0 bridgehead atoms. The van der Waals surface area contributed by atoms with Crippen LogP contribution < -0.4 is 16.0 Å². The van der Waals surface area contributed by atoms with Crippen molar-refractivity contribution in [3.8, 4) is 17.2 Å². The fraction of sp³-hybridized carbons (Fsp3) is 0.211. The van der Waals surface area contributed by atoms with Crippen molar-refractivity contribution in [2.45, 2.75) is 18.3 Å². The topological polar surface area (TPSA) is 127 Å². The Kier molecular flexibility index (Phi) is 3.45. The van der Waals surface area contributed by atoms with Crippen LogP contribution in [0.5, 0.6) is 5.75 Å². The summed E-state index contributed by atoms with van der Waals surface area (Å²) in [6.07, 6.45) is 3.27. The maximum atomic E-state index is 12.0. The second-order valence-corrected chi connectivity index (χ2v) is 6.73. The average molecular weight is 377 g/mol. The number of pyridine rings is 1. The average Bonchev–Trinajstić information content (AvgIpc) is 3.36. The van der Waals surface area contributed by atoms with Crippen LogP contribution in [0.25, 0.3) is 22.5 Å². The lowest BCUT2D eigenvalue weighted by Gasteiger charge is -2.15. The number of benzene rings is 1. The number of ether oxygens (including phenoxy) is 1. The second kappa shape index (κ2) is 5.88. The van der Waals surface area contributed by atoms with Crippen LogP contribution >= 0.6 is 0 Å². The third kappa shape index (κ3) is 2.43. The second-order valence-electron chi connectivity index (χ2n) is 6.73. The fourth-order valence-electron chi connectivity index (χ4n) is 3.48. The van der Waals surface area contributed by atoms with Gasteiger partial charge in [0, 0.05) is 11.8 Å². The quantitative estimate of drug-likeness (QED) is 0.555. The van der Waals surface area contributed by atoms with Gasteiger partial charge >= 0.3 is 5.69 Å². The molecule has 140 valence electrons. The summed E-state index contributed by atoms with van der Waals surface area (Å²) in [7, 11) is 1.64. The maximum Gasteiger partial charge on any atom is 0.327 e. The van der Waals surface area contributed by atoms with Crippen LogP contribution in [0.4, 0.5) is 0 Å². The van der Waals surface area contributed by atoms with E-state index in [4.69, 9.17) is 9.26 Å². The van der Waals surface area contributed by atoms with Gasteiger partial charge < -0.3 is 9.26 Å². The van der Waals surface area contributed by atoms with E-state index in [1.807, 2.05) is 24.3 Å². The van der Waals surface area contributed by atoms with Gasteiger partial charge in [0.05, 0.1) is 23.5 Å². The molecular formula is C19H15N5O4. The van der Waals surface area contributed by atoms with E-state index in [-0.39, 0.29) is 22.3 Å². The first-order chi connectivity index (χ1) is 13.6. The highest BCUT2D eigenvalue weighted by atomic mass is 16.5. The summed E-state index contributed by atoms with van der Waals surface area (Å²) in [5, 5.41) is 4.42. The third-order valence-electron chi connectivity index (χ3n) is 5.06. The number of H-pyrrole nitrogens is 2. The summed E-state index contributed by atoms with van der Waals surface area (Å²) in [6, 6.07) is 9.37. The van der Waals surface area contributed by atoms with Crippen molar-refractivity contribution in [2.75, 3.05) is 7.11 Å². The van der Waals surface area contributed by atoms with E-state index in [2.05, 4.69) is 25.1 Å². The minimum atomic E-state index is -0.606. The van der Waals surface area contributed by atoms with Crippen molar-refractivity contribution < 1.29 is 9.26 Å². The smallest absolute Gasteiger partial charge is 0.327 e. The van der Waals surface area contributed by atoms with Crippen LogP contribution in [-0.4, -0.2) is 32.2 Å². The highest BCUT2D eigenvalue weighted by Gasteiger charge is 2.51. The first-order valence-corrected chi connectivity index (χ1v) is 8.71. The van der Waals surface area contributed by atoms with Gasteiger partial charge in [0.25, 0.3) is 11.4 Å². The van der Waals surface area contributed by atoms with E-state index in [1.165, 1.54) is 6.20 Å². The van der Waals surface area contributed by atoms with E-state index in [0.29, 0.717) is 11.4 Å². The lowest BCUT2D eigenvalue weighted by Crippen LogP contribution is -2.22. The van der Waals surface area contributed by atoms with Crippen molar-refractivity contribution in [3.05, 3.63) is 68.8 Å². The van der Waals surface area contributed by atoms with E-state index in [1.54, 1.807) is 13.2 Å². The Morgan fingerprint density at radius 2 is 2.00 bits per heavy atom. The van der Waals surface area contributed by atoms with Crippen LogP contribution in [0.2, 0.25) is 0 Å². The molecule has 0 spiro atoms. The van der Waals surface area contributed by atoms with Gasteiger partial charge in [-0.25, -0.2) is 9.78 Å². The number of aromatic amines is 2. The molecule has 3 heterocycles. The molecule has 0 atom stereocenters. The number of nitrogens with one attached hydrogen (secondary N) is 2. The summed E-state index contributed by atoms with van der Waals surface area (Å²) in [5.74, 6) is 1.62. The zero-order valence-corrected chi connectivity index (χ0v) is 14.9. The predicted molar refractivity (Wildman–Crippen MR) is 99.3 cm³/mol. The molecule has 9 nitrogen and oxygen atoms in total. The Hall–Kier alpha value is -3.75. The number of nitrogens with zero attached hydrogens (tertiary/aromatic N) is 3. The summed E-state index contributed by atoms with van der Waals surface area (Å²) in [6.45, 7) is 0. The first-order valence-electron chi connectivity index (χ1n) is 8.71. The molecule has 5 rings (SSSR count). The van der Waals surface area contributed by atoms with Gasteiger partial charge in [0.2, 0.25) is 0 Å². The Labute approximate surface area is 157 Å². The Morgan fingerprint density at radius 3 is 2.79 bits per heavy atom. The highest BCUT2D eigenvalue weighted by molar-refractivity contribution is 5.77. The van der Waals surface area contributed by atoms with Crippen molar-refractivity contribution in [1.82, 2.24) is 25.1 Å². The Balaban J connectivity index is 1.58. The van der Waals surface area contributed by atoms with Gasteiger partial charge in [-0.15, -0.1) is 0 Å². The monoisotopic (exact) mass is 377 g/mol. The molecule has 0 saturated heterocycles. The normalized spacial score (nSPS) is 14.9. The molecule has 4 aromatic rings. The Bertz CT molecular complexity index is 1320. The van der Waals surface area contributed by atoms with Gasteiger partial charge in [0.15, 0.2) is 5.82 Å².